The molecule has 0 amide bonds. The fraction of sp³-hybridized carbons (Fsp3) is 0.364. The number of pyridine rings is 1. The normalized spacial score (nSPS) is 17.6. The van der Waals surface area contributed by atoms with Gasteiger partial charge in [0, 0.05) is 35.7 Å². The standard InChI is InChI=1S/C33H36N6O8S/c1-6-14-46-31(40)21-11-13-27(34-19-21)33(47-48(5,41)42)16-22(17-33)29-37-30-24-8-7-9-25(44-3)28(24)36-32(39(30)38-29)35-18-20-10-12-23(43-2)15-26(20)45-4/h7-13,15,19,22H,6,14,16-18H2,1-5H3,(H,35,36). The second kappa shape index (κ2) is 13.2. The van der Waals surface area contributed by atoms with Crippen molar-refractivity contribution in [1.29, 1.82) is 0 Å². The summed E-state index contributed by atoms with van der Waals surface area (Å²) in [6.07, 6.45) is 3.55. The summed E-state index contributed by atoms with van der Waals surface area (Å²) in [5.74, 6) is 2.03. The van der Waals surface area contributed by atoms with Crippen LogP contribution in [0.5, 0.6) is 17.2 Å². The van der Waals surface area contributed by atoms with E-state index in [1.807, 2.05) is 37.3 Å². The number of esters is 1. The summed E-state index contributed by atoms with van der Waals surface area (Å²) in [7, 11) is 0.891. The number of para-hydroxylation sites is 1. The maximum absolute atomic E-state index is 12.4. The van der Waals surface area contributed by atoms with Crippen LogP contribution in [0.2, 0.25) is 0 Å². The summed E-state index contributed by atoms with van der Waals surface area (Å²) in [5, 5.41) is 8.94. The fourth-order valence-electron chi connectivity index (χ4n) is 5.84. The topological polar surface area (TPSA) is 165 Å². The molecule has 1 saturated carbocycles. The monoisotopic (exact) mass is 676 g/mol. The number of carbonyl (C=O) groups is 1. The number of rotatable bonds is 13. The van der Waals surface area contributed by atoms with Gasteiger partial charge in [0.2, 0.25) is 5.95 Å². The predicted octanol–water partition coefficient (Wildman–Crippen LogP) is 4.63. The molecule has 3 aromatic heterocycles. The summed E-state index contributed by atoms with van der Waals surface area (Å²) in [6, 6.07) is 14.3. The Morgan fingerprint density at radius 3 is 2.48 bits per heavy atom. The molecule has 0 spiro atoms. The smallest absolute Gasteiger partial charge is 0.339 e. The Hall–Kier alpha value is -5.02. The van der Waals surface area contributed by atoms with E-state index < -0.39 is 21.7 Å². The van der Waals surface area contributed by atoms with Gasteiger partial charge in [0.05, 0.1) is 45.4 Å². The molecule has 1 aliphatic rings. The fourth-order valence-corrected chi connectivity index (χ4v) is 6.64. The highest BCUT2D eigenvalue weighted by Gasteiger charge is 2.52. The minimum absolute atomic E-state index is 0.240. The summed E-state index contributed by atoms with van der Waals surface area (Å²) < 4.78 is 53.8. The summed E-state index contributed by atoms with van der Waals surface area (Å²) in [6.45, 7) is 2.55. The van der Waals surface area contributed by atoms with E-state index >= 15 is 0 Å². The van der Waals surface area contributed by atoms with Gasteiger partial charge in [0.15, 0.2) is 11.5 Å². The van der Waals surface area contributed by atoms with Gasteiger partial charge in [0.25, 0.3) is 10.1 Å². The molecule has 0 aliphatic heterocycles. The first-order valence-corrected chi connectivity index (χ1v) is 17.1. The zero-order chi connectivity index (χ0) is 34.1. The third-order valence-corrected chi connectivity index (χ3v) is 8.79. The van der Waals surface area contributed by atoms with Crippen molar-refractivity contribution in [3.63, 3.8) is 0 Å². The first-order chi connectivity index (χ1) is 23.1. The highest BCUT2D eigenvalue weighted by Crippen LogP contribution is 2.53. The number of carbonyl (C=O) groups excluding carboxylic acids is 1. The lowest BCUT2D eigenvalue weighted by Gasteiger charge is -2.44. The third-order valence-electron chi connectivity index (χ3n) is 8.16. The molecular formula is C33H36N6O8S. The van der Waals surface area contributed by atoms with Gasteiger partial charge in [-0.3, -0.25) is 9.17 Å². The summed E-state index contributed by atoms with van der Waals surface area (Å²) in [4.78, 5) is 26.5. The van der Waals surface area contributed by atoms with E-state index in [2.05, 4.69) is 10.3 Å². The van der Waals surface area contributed by atoms with Gasteiger partial charge in [-0.2, -0.15) is 12.9 Å². The van der Waals surface area contributed by atoms with Gasteiger partial charge in [-0.1, -0.05) is 13.0 Å². The number of hydrogen-bond acceptors (Lipinski definition) is 13. The maximum Gasteiger partial charge on any atom is 0.339 e. The van der Waals surface area contributed by atoms with Crippen molar-refractivity contribution in [2.45, 2.75) is 44.2 Å². The van der Waals surface area contributed by atoms with Crippen LogP contribution < -0.4 is 19.5 Å². The van der Waals surface area contributed by atoms with Crippen molar-refractivity contribution >= 4 is 38.6 Å². The largest absolute Gasteiger partial charge is 0.497 e. The van der Waals surface area contributed by atoms with Crippen molar-refractivity contribution in [3.8, 4) is 17.2 Å². The van der Waals surface area contributed by atoms with Crippen LogP contribution in [-0.4, -0.2) is 73.1 Å². The molecule has 1 fully saturated rings. The number of hydrogen-bond donors (Lipinski definition) is 1. The van der Waals surface area contributed by atoms with Crippen LogP contribution in [-0.2, 0) is 31.2 Å². The van der Waals surface area contributed by atoms with Crippen molar-refractivity contribution in [3.05, 3.63) is 77.4 Å². The molecule has 0 bridgehead atoms. The van der Waals surface area contributed by atoms with Gasteiger partial charge in [-0.25, -0.2) is 14.8 Å². The predicted molar refractivity (Wildman–Crippen MR) is 176 cm³/mol. The molecule has 1 aliphatic carbocycles. The van der Waals surface area contributed by atoms with Crippen LogP contribution in [0.15, 0.2) is 54.7 Å². The summed E-state index contributed by atoms with van der Waals surface area (Å²) in [5.41, 5.74) is 1.41. The molecule has 0 atom stereocenters. The number of nitrogens with one attached hydrogen (secondary N) is 1. The highest BCUT2D eigenvalue weighted by molar-refractivity contribution is 7.86. The van der Waals surface area contributed by atoms with Gasteiger partial charge in [-0.05, 0) is 55.7 Å². The molecular weight excluding hydrogens is 640 g/mol. The molecule has 15 heteroatoms. The molecule has 1 N–H and O–H groups in total. The van der Waals surface area contributed by atoms with E-state index in [1.54, 1.807) is 44.0 Å². The minimum atomic E-state index is -3.88. The Labute approximate surface area is 277 Å². The van der Waals surface area contributed by atoms with E-state index in [1.165, 1.54) is 6.20 Å². The van der Waals surface area contributed by atoms with Gasteiger partial charge in [0.1, 0.15) is 28.4 Å². The number of aromatic nitrogens is 5. The zero-order valence-corrected chi connectivity index (χ0v) is 28.0. The Morgan fingerprint density at radius 1 is 1.02 bits per heavy atom. The number of anilines is 1. The molecule has 2 aromatic carbocycles. The van der Waals surface area contributed by atoms with Crippen LogP contribution in [0.4, 0.5) is 5.95 Å². The van der Waals surface area contributed by atoms with E-state index in [-0.39, 0.29) is 24.3 Å². The molecule has 0 radical (unpaired) electrons. The summed E-state index contributed by atoms with van der Waals surface area (Å²) >= 11 is 0. The van der Waals surface area contributed by atoms with E-state index in [4.69, 9.17) is 38.2 Å². The second-order valence-electron chi connectivity index (χ2n) is 11.5. The second-order valence-corrected chi connectivity index (χ2v) is 13.1. The lowest BCUT2D eigenvalue weighted by atomic mass is 9.68. The highest BCUT2D eigenvalue weighted by atomic mass is 32.2. The Kier molecular flexibility index (Phi) is 9.07. The van der Waals surface area contributed by atoms with Gasteiger partial charge >= 0.3 is 5.97 Å². The first-order valence-electron chi connectivity index (χ1n) is 15.3. The number of ether oxygens (including phenoxy) is 4. The SMILES string of the molecule is CCCOC(=O)c1ccc(C2(OS(C)(=O)=O)CC(c3nc4c5cccc(OC)c5nc(NCc5ccc(OC)cc5OC)n4n3)C2)nc1. The number of fused-ring (bicyclic) bond motifs is 3. The van der Waals surface area contributed by atoms with E-state index in [0.29, 0.717) is 65.5 Å². The maximum atomic E-state index is 12.4. The van der Waals surface area contributed by atoms with Crippen LogP contribution in [0.25, 0.3) is 16.6 Å². The van der Waals surface area contributed by atoms with Crippen LogP contribution in [0, 0.1) is 0 Å². The Balaban J connectivity index is 1.34. The third kappa shape index (κ3) is 6.42. The van der Waals surface area contributed by atoms with Crippen LogP contribution >= 0.6 is 0 Å². The number of methoxy groups -OCH3 is 3. The van der Waals surface area contributed by atoms with E-state index in [9.17, 15) is 13.2 Å². The number of benzene rings is 2. The molecule has 14 nitrogen and oxygen atoms in total. The van der Waals surface area contributed by atoms with Crippen molar-refractivity contribution in [2.75, 3.05) is 39.5 Å². The van der Waals surface area contributed by atoms with Crippen LogP contribution in [0.1, 0.15) is 59.5 Å². The molecule has 3 heterocycles. The van der Waals surface area contributed by atoms with Crippen molar-refractivity contribution in [2.24, 2.45) is 0 Å². The number of nitrogens with zero attached hydrogens (tertiary/aromatic N) is 5. The van der Waals surface area contributed by atoms with Crippen LogP contribution in [0.3, 0.4) is 0 Å². The molecule has 252 valence electrons. The van der Waals surface area contributed by atoms with Gasteiger partial charge in [-0.15, -0.1) is 5.10 Å². The van der Waals surface area contributed by atoms with Crippen molar-refractivity contribution in [1.82, 2.24) is 24.6 Å². The van der Waals surface area contributed by atoms with Gasteiger partial charge < -0.3 is 24.3 Å². The average molecular weight is 677 g/mol. The molecule has 48 heavy (non-hydrogen) atoms. The lowest BCUT2D eigenvalue weighted by molar-refractivity contribution is -0.0287. The molecule has 5 aromatic rings. The molecule has 0 saturated heterocycles. The van der Waals surface area contributed by atoms with Crippen molar-refractivity contribution < 1.29 is 36.3 Å². The lowest BCUT2D eigenvalue weighted by Crippen LogP contribution is -2.44. The minimum Gasteiger partial charge on any atom is -0.497 e. The quantitative estimate of drug-likeness (QED) is 0.136. The first kappa shape index (κ1) is 32.9. The molecule has 0 unspecified atom stereocenters. The average Bonchev–Trinajstić information content (AvgIpc) is 3.52. The Bertz CT molecular complexity index is 2080. The Morgan fingerprint density at radius 2 is 1.81 bits per heavy atom. The zero-order valence-electron chi connectivity index (χ0n) is 27.2. The van der Waals surface area contributed by atoms with E-state index in [0.717, 1.165) is 17.2 Å². The molecule has 6 rings (SSSR count).